The summed E-state index contributed by atoms with van der Waals surface area (Å²) in [7, 11) is 0. The van der Waals surface area contributed by atoms with E-state index in [4.69, 9.17) is 31.7 Å². The van der Waals surface area contributed by atoms with Crippen molar-refractivity contribution in [3.05, 3.63) is 29.3 Å². The maximum atomic E-state index is 8.81. The van der Waals surface area contributed by atoms with Gasteiger partial charge in [0.25, 0.3) is 5.89 Å². The molecule has 0 saturated carbocycles. The molecule has 0 saturated heterocycles. The van der Waals surface area contributed by atoms with Crippen LogP contribution in [0.25, 0.3) is 22.8 Å². The van der Waals surface area contributed by atoms with E-state index in [-0.39, 0.29) is 30.8 Å². The molecular formula is C13H12ClN5O3. The second-order valence-corrected chi connectivity index (χ2v) is 4.76. The Balaban J connectivity index is 1.94. The summed E-state index contributed by atoms with van der Waals surface area (Å²) in [4.78, 5) is 4.28. The van der Waals surface area contributed by atoms with Gasteiger partial charge in [-0.15, -0.1) is 5.10 Å². The molecule has 0 bridgehead atoms. The number of nitrogen functional groups attached to an aromatic ring is 1. The normalized spacial score (nSPS) is 10.8. The predicted octanol–water partition coefficient (Wildman–Crippen LogP) is 1.73. The van der Waals surface area contributed by atoms with E-state index < -0.39 is 0 Å². The minimum absolute atomic E-state index is 0.0788. The Kier molecular flexibility index (Phi) is 3.94. The first kappa shape index (κ1) is 14.4. The van der Waals surface area contributed by atoms with Gasteiger partial charge in [-0.05, 0) is 24.3 Å². The number of aromatic nitrogens is 4. The summed E-state index contributed by atoms with van der Waals surface area (Å²) in [5.41, 5.74) is 6.92. The number of ether oxygens (including phenoxy) is 1. The number of nitrogens with one attached hydrogen (secondary N) is 1. The second kappa shape index (κ2) is 6.04. The smallest absolute Gasteiger partial charge is 0.267 e. The van der Waals surface area contributed by atoms with E-state index >= 15 is 0 Å². The predicted molar refractivity (Wildman–Crippen MR) is 79.3 cm³/mol. The maximum absolute atomic E-state index is 8.81. The molecular weight excluding hydrogens is 310 g/mol. The summed E-state index contributed by atoms with van der Waals surface area (Å²) < 4.78 is 10.5. The van der Waals surface area contributed by atoms with Crippen LogP contribution in [0.3, 0.4) is 0 Å². The summed E-state index contributed by atoms with van der Waals surface area (Å²) >= 11 is 5.85. The molecule has 0 fully saturated rings. The largest absolute Gasteiger partial charge is 0.474 e. The quantitative estimate of drug-likeness (QED) is 0.653. The zero-order valence-electron chi connectivity index (χ0n) is 11.3. The van der Waals surface area contributed by atoms with Crippen LogP contribution >= 0.6 is 11.6 Å². The number of nitrogens with zero attached hydrogens (tertiary/aromatic N) is 3. The summed E-state index contributed by atoms with van der Waals surface area (Å²) in [5.74, 6) is 0.988. The molecule has 4 N–H and O–H groups in total. The number of anilines is 1. The van der Waals surface area contributed by atoms with E-state index in [0.29, 0.717) is 16.4 Å². The lowest BCUT2D eigenvalue weighted by atomic mass is 10.2. The van der Waals surface area contributed by atoms with Crippen LogP contribution in [0.4, 0.5) is 5.82 Å². The fourth-order valence-electron chi connectivity index (χ4n) is 1.83. The first-order valence-electron chi connectivity index (χ1n) is 6.36. The van der Waals surface area contributed by atoms with Gasteiger partial charge in [-0.3, -0.25) is 5.10 Å². The van der Waals surface area contributed by atoms with Crippen molar-refractivity contribution in [2.45, 2.75) is 0 Å². The molecule has 22 heavy (non-hydrogen) atoms. The van der Waals surface area contributed by atoms with Crippen molar-refractivity contribution < 1.29 is 14.4 Å². The molecule has 2 heterocycles. The zero-order chi connectivity index (χ0) is 15.5. The van der Waals surface area contributed by atoms with Gasteiger partial charge in [0.2, 0.25) is 11.7 Å². The van der Waals surface area contributed by atoms with Crippen molar-refractivity contribution in [1.29, 1.82) is 0 Å². The average molecular weight is 322 g/mol. The highest BCUT2D eigenvalue weighted by Crippen LogP contribution is 2.33. The molecule has 1 aromatic carbocycles. The SMILES string of the molecule is Nc1[nH]nc(OCCO)c1-c1nc(-c2ccc(Cl)cc2)no1. The van der Waals surface area contributed by atoms with Crippen LogP contribution in [0.5, 0.6) is 5.88 Å². The second-order valence-electron chi connectivity index (χ2n) is 4.32. The van der Waals surface area contributed by atoms with Gasteiger partial charge < -0.3 is 20.1 Å². The number of hydrogen-bond acceptors (Lipinski definition) is 7. The number of rotatable bonds is 5. The molecule has 8 nitrogen and oxygen atoms in total. The van der Waals surface area contributed by atoms with Crippen LogP contribution < -0.4 is 10.5 Å². The molecule has 0 aliphatic heterocycles. The fourth-order valence-corrected chi connectivity index (χ4v) is 1.96. The summed E-state index contributed by atoms with van der Waals surface area (Å²) in [5, 5.41) is 19.8. The minimum Gasteiger partial charge on any atom is -0.474 e. The van der Waals surface area contributed by atoms with Crippen LogP contribution in [-0.2, 0) is 0 Å². The highest BCUT2D eigenvalue weighted by Gasteiger charge is 2.21. The van der Waals surface area contributed by atoms with Crippen molar-refractivity contribution in [3.63, 3.8) is 0 Å². The Morgan fingerprint density at radius 2 is 2.09 bits per heavy atom. The Hall–Kier alpha value is -2.58. The number of aliphatic hydroxyl groups excluding tert-OH is 1. The van der Waals surface area contributed by atoms with E-state index in [9.17, 15) is 0 Å². The molecule has 114 valence electrons. The van der Waals surface area contributed by atoms with Crippen molar-refractivity contribution in [2.75, 3.05) is 18.9 Å². The lowest BCUT2D eigenvalue weighted by molar-refractivity contribution is 0.197. The zero-order valence-corrected chi connectivity index (χ0v) is 12.0. The maximum Gasteiger partial charge on any atom is 0.267 e. The number of H-pyrrole nitrogens is 1. The molecule has 0 radical (unpaired) electrons. The van der Waals surface area contributed by atoms with Gasteiger partial charge in [-0.25, -0.2) is 0 Å². The monoisotopic (exact) mass is 321 g/mol. The third-order valence-electron chi connectivity index (χ3n) is 2.83. The molecule has 0 aliphatic carbocycles. The van der Waals surface area contributed by atoms with Gasteiger partial charge in [0.05, 0.1) is 6.61 Å². The lowest BCUT2D eigenvalue weighted by Crippen LogP contribution is -2.02. The Bertz CT molecular complexity index is 768. The molecule has 0 atom stereocenters. The minimum atomic E-state index is -0.147. The Morgan fingerprint density at radius 1 is 1.32 bits per heavy atom. The number of aliphatic hydroxyl groups is 1. The molecule has 0 amide bonds. The summed E-state index contributed by atoms with van der Waals surface area (Å²) in [6.07, 6.45) is 0. The van der Waals surface area contributed by atoms with Crippen molar-refractivity contribution in [1.82, 2.24) is 20.3 Å². The fraction of sp³-hybridized carbons (Fsp3) is 0.154. The van der Waals surface area contributed by atoms with E-state index in [0.717, 1.165) is 5.56 Å². The van der Waals surface area contributed by atoms with Gasteiger partial charge in [0, 0.05) is 10.6 Å². The molecule has 0 unspecified atom stereocenters. The van der Waals surface area contributed by atoms with Gasteiger partial charge in [-0.1, -0.05) is 16.8 Å². The first-order chi connectivity index (χ1) is 10.7. The average Bonchev–Trinajstić information content (AvgIpc) is 3.12. The number of aromatic amines is 1. The third kappa shape index (κ3) is 2.74. The molecule has 2 aromatic heterocycles. The van der Waals surface area contributed by atoms with Crippen molar-refractivity contribution in [3.8, 4) is 28.7 Å². The number of benzene rings is 1. The van der Waals surface area contributed by atoms with Crippen LogP contribution in [0, 0.1) is 0 Å². The standard InChI is InChI=1S/C13H12ClN5O3/c14-8-3-1-7(2-4-8)11-16-12(22-19-11)9-10(15)17-18-13(9)21-6-5-20/h1-4,20H,5-6H2,(H3,15,17,18). The van der Waals surface area contributed by atoms with Crippen LogP contribution in [-0.4, -0.2) is 38.7 Å². The summed E-state index contributed by atoms with van der Waals surface area (Å²) in [6.45, 7) is -0.0679. The Labute approximate surface area is 129 Å². The van der Waals surface area contributed by atoms with Crippen LogP contribution in [0.2, 0.25) is 5.02 Å². The molecule has 0 aliphatic rings. The highest BCUT2D eigenvalue weighted by molar-refractivity contribution is 6.30. The van der Waals surface area contributed by atoms with Crippen molar-refractivity contribution >= 4 is 17.4 Å². The van der Waals surface area contributed by atoms with Crippen molar-refractivity contribution in [2.24, 2.45) is 0 Å². The molecule has 3 aromatic rings. The number of hydrogen-bond donors (Lipinski definition) is 3. The highest BCUT2D eigenvalue weighted by atomic mass is 35.5. The molecule has 0 spiro atoms. The van der Waals surface area contributed by atoms with E-state index in [1.165, 1.54) is 0 Å². The van der Waals surface area contributed by atoms with E-state index in [2.05, 4.69) is 20.3 Å². The van der Waals surface area contributed by atoms with Crippen LogP contribution in [0.15, 0.2) is 28.8 Å². The topological polar surface area (TPSA) is 123 Å². The summed E-state index contributed by atoms with van der Waals surface area (Å²) in [6, 6.07) is 7.02. The van der Waals surface area contributed by atoms with Gasteiger partial charge >= 0.3 is 0 Å². The lowest BCUT2D eigenvalue weighted by Gasteiger charge is -2.00. The Morgan fingerprint density at radius 3 is 2.82 bits per heavy atom. The number of halogens is 1. The van der Waals surface area contributed by atoms with E-state index in [1.807, 2.05) is 0 Å². The van der Waals surface area contributed by atoms with Gasteiger partial charge in [-0.2, -0.15) is 4.98 Å². The first-order valence-corrected chi connectivity index (χ1v) is 6.74. The molecule has 9 heteroatoms. The number of nitrogens with two attached hydrogens (primary N) is 1. The van der Waals surface area contributed by atoms with E-state index in [1.54, 1.807) is 24.3 Å². The van der Waals surface area contributed by atoms with Gasteiger partial charge in [0.1, 0.15) is 18.0 Å². The molecule has 3 rings (SSSR count). The third-order valence-corrected chi connectivity index (χ3v) is 3.09. The van der Waals surface area contributed by atoms with Crippen LogP contribution in [0.1, 0.15) is 0 Å². The van der Waals surface area contributed by atoms with Gasteiger partial charge in [0.15, 0.2) is 0 Å².